The maximum atomic E-state index is 13.8. The van der Waals surface area contributed by atoms with Gasteiger partial charge in [0.05, 0.1) is 32.3 Å². The van der Waals surface area contributed by atoms with Crippen LogP contribution in [-0.4, -0.2) is 22.8 Å². The number of carbonyl (C=O) groups excluding carboxylic acids is 2. The number of halogens is 1. The number of aromatic nitrogens is 1. The van der Waals surface area contributed by atoms with Gasteiger partial charge in [-0.1, -0.05) is 64.5 Å². The molecule has 0 aliphatic heterocycles. The molecular formula is C31H22BrNO3S2. The van der Waals surface area contributed by atoms with Crippen molar-refractivity contribution in [2.75, 3.05) is 6.61 Å². The van der Waals surface area contributed by atoms with E-state index in [2.05, 4.69) is 46.3 Å². The van der Waals surface area contributed by atoms with Crippen LogP contribution in [0.3, 0.4) is 0 Å². The fourth-order valence-electron chi connectivity index (χ4n) is 4.70. The Morgan fingerprint density at radius 2 is 1.71 bits per heavy atom. The largest absolute Gasteiger partial charge is 0.462 e. The van der Waals surface area contributed by atoms with Gasteiger partial charge in [-0.15, -0.1) is 23.1 Å². The van der Waals surface area contributed by atoms with Crippen LogP contribution in [0.15, 0.2) is 99.8 Å². The third-order valence-corrected chi connectivity index (χ3v) is 9.47. The van der Waals surface area contributed by atoms with Gasteiger partial charge in [0.2, 0.25) is 5.78 Å². The molecule has 38 heavy (non-hydrogen) atoms. The average molecular weight is 601 g/mol. The SMILES string of the molecule is CCOC(=O)c1c2c(C(=O)c3ccc(Br)cc3)sc(SCc3ccc4ccccc4c3)c2n2ccccc12. The third kappa shape index (κ3) is 4.45. The number of hydrogen-bond acceptors (Lipinski definition) is 5. The van der Waals surface area contributed by atoms with Crippen LogP contribution in [0.1, 0.15) is 38.1 Å². The van der Waals surface area contributed by atoms with Crippen LogP contribution in [-0.2, 0) is 10.5 Å². The van der Waals surface area contributed by atoms with Crippen LogP contribution < -0.4 is 0 Å². The van der Waals surface area contributed by atoms with Gasteiger partial charge in [-0.2, -0.15) is 0 Å². The van der Waals surface area contributed by atoms with Crippen LogP contribution in [0.25, 0.3) is 27.2 Å². The predicted molar refractivity (Wildman–Crippen MR) is 160 cm³/mol. The van der Waals surface area contributed by atoms with Crippen molar-refractivity contribution in [3.63, 3.8) is 0 Å². The van der Waals surface area contributed by atoms with Gasteiger partial charge >= 0.3 is 5.97 Å². The lowest BCUT2D eigenvalue weighted by molar-refractivity contribution is 0.0531. The zero-order chi connectivity index (χ0) is 26.2. The minimum atomic E-state index is -0.417. The Morgan fingerprint density at radius 1 is 0.947 bits per heavy atom. The highest BCUT2D eigenvalue weighted by Gasteiger charge is 2.29. The van der Waals surface area contributed by atoms with E-state index in [4.69, 9.17) is 4.74 Å². The molecule has 3 aromatic carbocycles. The molecular weight excluding hydrogens is 578 g/mol. The Labute approximate surface area is 236 Å². The number of esters is 1. The molecule has 0 saturated carbocycles. The Bertz CT molecular complexity index is 1840. The minimum Gasteiger partial charge on any atom is -0.462 e. The molecule has 0 fully saturated rings. The van der Waals surface area contributed by atoms with E-state index in [-0.39, 0.29) is 12.4 Å². The first-order chi connectivity index (χ1) is 18.5. The van der Waals surface area contributed by atoms with Gasteiger partial charge in [0.25, 0.3) is 0 Å². The summed E-state index contributed by atoms with van der Waals surface area (Å²) in [5.74, 6) is 0.215. The number of benzene rings is 3. The van der Waals surface area contributed by atoms with Crippen molar-refractivity contribution in [2.24, 2.45) is 0 Å². The van der Waals surface area contributed by atoms with Gasteiger partial charge < -0.3 is 9.14 Å². The summed E-state index contributed by atoms with van der Waals surface area (Å²) >= 11 is 6.58. The van der Waals surface area contributed by atoms with Crippen LogP contribution in [0.4, 0.5) is 0 Å². The topological polar surface area (TPSA) is 47.8 Å². The van der Waals surface area contributed by atoms with E-state index in [0.29, 0.717) is 21.4 Å². The molecule has 0 aliphatic carbocycles. The van der Waals surface area contributed by atoms with Crippen LogP contribution in [0.2, 0.25) is 0 Å². The van der Waals surface area contributed by atoms with Crippen molar-refractivity contribution in [3.8, 4) is 0 Å². The molecule has 0 atom stereocenters. The summed E-state index contributed by atoms with van der Waals surface area (Å²) in [5.41, 5.74) is 3.83. The number of hydrogen-bond donors (Lipinski definition) is 0. The van der Waals surface area contributed by atoms with Gasteiger partial charge in [0.1, 0.15) is 0 Å². The van der Waals surface area contributed by atoms with Crippen LogP contribution in [0.5, 0.6) is 0 Å². The number of thioether (sulfide) groups is 1. The zero-order valence-corrected chi connectivity index (χ0v) is 23.7. The molecule has 0 amide bonds. The number of ketones is 1. The smallest absolute Gasteiger partial charge is 0.341 e. The van der Waals surface area contributed by atoms with E-state index in [0.717, 1.165) is 25.5 Å². The fraction of sp³-hybridized carbons (Fsp3) is 0.0968. The molecule has 0 bridgehead atoms. The summed E-state index contributed by atoms with van der Waals surface area (Å²) < 4.78 is 9.37. The van der Waals surface area contributed by atoms with Crippen molar-refractivity contribution in [1.82, 2.24) is 4.40 Å². The molecule has 0 saturated heterocycles. The fourth-order valence-corrected chi connectivity index (χ4v) is 7.43. The summed E-state index contributed by atoms with van der Waals surface area (Å²) in [6, 6.07) is 27.9. The molecule has 3 heterocycles. The van der Waals surface area contributed by atoms with Gasteiger partial charge in [-0.05, 0) is 59.7 Å². The number of ether oxygens (including phenoxy) is 1. The van der Waals surface area contributed by atoms with Gasteiger partial charge in [0.15, 0.2) is 0 Å². The van der Waals surface area contributed by atoms with Crippen molar-refractivity contribution in [1.29, 1.82) is 0 Å². The number of fused-ring (bicyclic) bond motifs is 4. The van der Waals surface area contributed by atoms with Gasteiger partial charge in [-0.25, -0.2) is 4.79 Å². The second-order valence-electron chi connectivity index (χ2n) is 8.80. The highest BCUT2D eigenvalue weighted by molar-refractivity contribution is 9.10. The molecule has 0 N–H and O–H groups in total. The van der Waals surface area contributed by atoms with E-state index >= 15 is 0 Å². The lowest BCUT2D eigenvalue weighted by Crippen LogP contribution is -2.06. The highest BCUT2D eigenvalue weighted by Crippen LogP contribution is 2.44. The molecule has 7 heteroatoms. The molecule has 6 aromatic rings. The summed E-state index contributed by atoms with van der Waals surface area (Å²) in [6.45, 7) is 2.05. The number of rotatable bonds is 7. The summed E-state index contributed by atoms with van der Waals surface area (Å²) in [4.78, 5) is 27.6. The maximum absolute atomic E-state index is 13.8. The molecule has 4 nitrogen and oxygen atoms in total. The standard InChI is InChI=1S/C31H22BrNO3S2/c1-2-36-30(35)25-24-9-5-6-16-33(24)27-26(25)29(28(34)21-12-14-23(32)15-13-21)38-31(27)37-18-19-10-11-20-7-3-4-8-22(20)17-19/h3-17H,2,18H2,1H3. The normalized spacial score (nSPS) is 11.4. The predicted octanol–water partition coefficient (Wildman–Crippen LogP) is 8.77. The summed E-state index contributed by atoms with van der Waals surface area (Å²) in [6.07, 6.45) is 1.95. The monoisotopic (exact) mass is 599 g/mol. The zero-order valence-electron chi connectivity index (χ0n) is 20.4. The number of pyridine rings is 1. The molecule has 6 rings (SSSR count). The highest BCUT2D eigenvalue weighted by atomic mass is 79.9. The molecule has 0 radical (unpaired) electrons. The molecule has 0 aliphatic rings. The summed E-state index contributed by atoms with van der Waals surface area (Å²) in [7, 11) is 0. The Morgan fingerprint density at radius 3 is 2.50 bits per heavy atom. The number of nitrogens with zero attached hydrogens (tertiary/aromatic N) is 1. The van der Waals surface area contributed by atoms with Crippen molar-refractivity contribution >= 4 is 78.0 Å². The quantitative estimate of drug-likeness (QED) is 0.104. The van der Waals surface area contributed by atoms with E-state index in [1.165, 1.54) is 27.7 Å². The minimum absolute atomic E-state index is 0.105. The van der Waals surface area contributed by atoms with Crippen molar-refractivity contribution < 1.29 is 14.3 Å². The first-order valence-corrected chi connectivity index (χ1v) is 14.8. The second-order valence-corrected chi connectivity index (χ2v) is 12.0. The lowest BCUT2D eigenvalue weighted by Gasteiger charge is -2.05. The van der Waals surface area contributed by atoms with E-state index in [1.807, 2.05) is 53.1 Å². The second kappa shape index (κ2) is 10.4. The molecule has 0 unspecified atom stereocenters. The lowest BCUT2D eigenvalue weighted by atomic mass is 10.1. The Balaban J connectivity index is 1.51. The van der Waals surface area contributed by atoms with Crippen molar-refractivity contribution in [2.45, 2.75) is 16.9 Å². The van der Waals surface area contributed by atoms with Crippen LogP contribution in [0, 0.1) is 0 Å². The Kier molecular flexibility index (Phi) is 6.82. The molecule has 0 spiro atoms. The molecule has 3 aromatic heterocycles. The van der Waals surface area contributed by atoms with E-state index < -0.39 is 5.97 Å². The van der Waals surface area contributed by atoms with Crippen molar-refractivity contribution in [3.05, 3.63) is 117 Å². The van der Waals surface area contributed by atoms with Gasteiger partial charge in [0, 0.05) is 27.4 Å². The average Bonchev–Trinajstić information content (AvgIpc) is 3.48. The van der Waals surface area contributed by atoms with E-state index in [1.54, 1.807) is 30.8 Å². The number of thiophene rings is 1. The van der Waals surface area contributed by atoms with E-state index in [9.17, 15) is 9.59 Å². The third-order valence-electron chi connectivity index (χ3n) is 6.43. The van der Waals surface area contributed by atoms with Crippen LogP contribution >= 0.6 is 39.0 Å². The first-order valence-electron chi connectivity index (χ1n) is 12.2. The first kappa shape index (κ1) is 24.9. The Hall–Kier alpha value is -3.39. The molecule has 188 valence electrons. The van der Waals surface area contributed by atoms with Gasteiger partial charge in [-0.3, -0.25) is 4.79 Å². The summed E-state index contributed by atoms with van der Waals surface area (Å²) in [5, 5.41) is 3.07. The number of carbonyl (C=O) groups is 2. The maximum Gasteiger partial charge on any atom is 0.341 e.